The molecule has 0 saturated carbocycles. The highest BCUT2D eigenvalue weighted by Gasteiger charge is 2.23. The van der Waals surface area contributed by atoms with Gasteiger partial charge in [-0.1, -0.05) is 6.92 Å². The second kappa shape index (κ2) is 5.64. The SMILES string of the molecule is CCCn1c(CCl)nnc1C1CCCOC1. The van der Waals surface area contributed by atoms with Crippen LogP contribution in [0.1, 0.15) is 43.8 Å². The van der Waals surface area contributed by atoms with Crippen molar-refractivity contribution < 1.29 is 4.74 Å². The summed E-state index contributed by atoms with van der Waals surface area (Å²) in [5.74, 6) is 2.76. The van der Waals surface area contributed by atoms with Gasteiger partial charge in [-0.3, -0.25) is 0 Å². The molecular weight excluding hydrogens is 226 g/mol. The third-order valence-electron chi connectivity index (χ3n) is 2.95. The largest absolute Gasteiger partial charge is 0.381 e. The van der Waals surface area contributed by atoms with Crippen molar-refractivity contribution in [2.75, 3.05) is 13.2 Å². The van der Waals surface area contributed by atoms with Gasteiger partial charge in [-0.25, -0.2) is 0 Å². The molecule has 0 amide bonds. The summed E-state index contributed by atoms with van der Waals surface area (Å²) in [6.07, 6.45) is 3.33. The molecule has 0 aliphatic carbocycles. The lowest BCUT2D eigenvalue weighted by atomic mass is 10.0. The van der Waals surface area contributed by atoms with Gasteiger partial charge in [0.05, 0.1) is 12.5 Å². The Morgan fingerprint density at radius 3 is 3.00 bits per heavy atom. The van der Waals surface area contributed by atoms with Gasteiger partial charge in [0.25, 0.3) is 0 Å². The summed E-state index contributed by atoms with van der Waals surface area (Å²) in [6.45, 7) is 4.74. The Labute approximate surface area is 101 Å². The lowest BCUT2D eigenvalue weighted by molar-refractivity contribution is 0.0768. The van der Waals surface area contributed by atoms with E-state index in [2.05, 4.69) is 21.7 Å². The lowest BCUT2D eigenvalue weighted by Gasteiger charge is -2.22. The van der Waals surface area contributed by atoms with Crippen molar-refractivity contribution in [3.8, 4) is 0 Å². The third-order valence-corrected chi connectivity index (χ3v) is 3.19. The Morgan fingerprint density at radius 1 is 1.50 bits per heavy atom. The van der Waals surface area contributed by atoms with Crippen molar-refractivity contribution in [1.29, 1.82) is 0 Å². The summed E-state index contributed by atoms with van der Waals surface area (Å²) in [6, 6.07) is 0. The maximum absolute atomic E-state index is 5.87. The standard InChI is InChI=1S/C11H18ClN3O/c1-2-5-15-10(7-12)13-14-11(15)9-4-3-6-16-8-9/h9H,2-8H2,1H3. The number of nitrogens with zero attached hydrogens (tertiary/aromatic N) is 3. The number of ether oxygens (including phenoxy) is 1. The molecule has 90 valence electrons. The van der Waals surface area contributed by atoms with Crippen molar-refractivity contribution in [2.24, 2.45) is 0 Å². The first-order valence-corrected chi connectivity index (χ1v) is 6.46. The van der Waals surface area contributed by atoms with E-state index in [1.807, 2.05) is 0 Å². The molecule has 1 atom stereocenters. The first-order valence-electron chi connectivity index (χ1n) is 5.92. The summed E-state index contributed by atoms with van der Waals surface area (Å²) in [4.78, 5) is 0. The van der Waals surface area contributed by atoms with E-state index in [4.69, 9.17) is 16.3 Å². The van der Waals surface area contributed by atoms with Crippen LogP contribution in [0.4, 0.5) is 0 Å². The smallest absolute Gasteiger partial charge is 0.147 e. The van der Waals surface area contributed by atoms with E-state index in [9.17, 15) is 0 Å². The van der Waals surface area contributed by atoms with Gasteiger partial charge in [-0.2, -0.15) is 0 Å². The van der Waals surface area contributed by atoms with Crippen LogP contribution in [-0.2, 0) is 17.2 Å². The fourth-order valence-corrected chi connectivity index (χ4v) is 2.36. The molecule has 0 N–H and O–H groups in total. The van der Waals surface area contributed by atoms with Gasteiger partial charge in [-0.15, -0.1) is 21.8 Å². The summed E-state index contributed by atoms with van der Waals surface area (Å²) >= 11 is 5.87. The Balaban J connectivity index is 2.20. The van der Waals surface area contributed by atoms with Crippen LogP contribution in [0.25, 0.3) is 0 Å². The molecule has 2 rings (SSSR count). The molecule has 0 bridgehead atoms. The van der Waals surface area contributed by atoms with Crippen LogP contribution in [0.2, 0.25) is 0 Å². The average molecular weight is 244 g/mol. The number of alkyl halides is 1. The van der Waals surface area contributed by atoms with Gasteiger partial charge in [-0.05, 0) is 19.3 Å². The van der Waals surface area contributed by atoms with Crippen LogP contribution in [-0.4, -0.2) is 28.0 Å². The molecule has 0 spiro atoms. The summed E-state index contributed by atoms with van der Waals surface area (Å²) in [5.41, 5.74) is 0. The monoisotopic (exact) mass is 243 g/mol. The van der Waals surface area contributed by atoms with Crippen molar-refractivity contribution in [3.63, 3.8) is 0 Å². The maximum Gasteiger partial charge on any atom is 0.147 e. The summed E-state index contributed by atoms with van der Waals surface area (Å²) < 4.78 is 7.66. The molecule has 0 radical (unpaired) electrons. The van der Waals surface area contributed by atoms with E-state index in [0.717, 1.165) is 50.7 Å². The summed E-state index contributed by atoms with van der Waals surface area (Å²) in [7, 11) is 0. The van der Waals surface area contributed by atoms with E-state index in [-0.39, 0.29) is 0 Å². The number of hydrogen-bond acceptors (Lipinski definition) is 3. The molecule has 1 saturated heterocycles. The van der Waals surface area contributed by atoms with Crippen LogP contribution in [0.15, 0.2) is 0 Å². The molecule has 2 heterocycles. The molecule has 16 heavy (non-hydrogen) atoms. The van der Waals surface area contributed by atoms with Crippen molar-refractivity contribution >= 4 is 11.6 Å². The van der Waals surface area contributed by atoms with Crippen molar-refractivity contribution in [3.05, 3.63) is 11.6 Å². The van der Waals surface area contributed by atoms with E-state index < -0.39 is 0 Å². The van der Waals surface area contributed by atoms with E-state index in [1.54, 1.807) is 0 Å². The van der Waals surface area contributed by atoms with Gasteiger partial charge in [0.2, 0.25) is 0 Å². The maximum atomic E-state index is 5.87. The molecular formula is C11H18ClN3O. The second-order valence-electron chi connectivity index (χ2n) is 4.17. The number of hydrogen-bond donors (Lipinski definition) is 0. The number of halogens is 1. The predicted octanol–water partition coefficient (Wildman–Crippen LogP) is 2.32. The highest BCUT2D eigenvalue weighted by Crippen LogP contribution is 2.25. The highest BCUT2D eigenvalue weighted by atomic mass is 35.5. The Kier molecular flexibility index (Phi) is 4.18. The molecule has 0 aromatic carbocycles. The lowest BCUT2D eigenvalue weighted by Crippen LogP contribution is -2.20. The zero-order chi connectivity index (χ0) is 11.4. The minimum absolute atomic E-state index is 0.393. The van der Waals surface area contributed by atoms with Crippen LogP contribution in [0.5, 0.6) is 0 Å². The topological polar surface area (TPSA) is 39.9 Å². The van der Waals surface area contributed by atoms with Crippen molar-refractivity contribution in [1.82, 2.24) is 14.8 Å². The predicted molar refractivity (Wildman–Crippen MR) is 62.7 cm³/mol. The van der Waals surface area contributed by atoms with Gasteiger partial charge >= 0.3 is 0 Å². The first kappa shape index (κ1) is 11.9. The average Bonchev–Trinajstić information content (AvgIpc) is 2.74. The minimum Gasteiger partial charge on any atom is -0.381 e. The Hall–Kier alpha value is -0.610. The van der Waals surface area contributed by atoms with Gasteiger partial charge in [0.15, 0.2) is 0 Å². The number of rotatable bonds is 4. The molecule has 1 aliphatic heterocycles. The fourth-order valence-electron chi connectivity index (χ4n) is 2.16. The highest BCUT2D eigenvalue weighted by molar-refractivity contribution is 6.16. The molecule has 5 heteroatoms. The van der Waals surface area contributed by atoms with Crippen LogP contribution in [0, 0.1) is 0 Å². The Bertz CT molecular complexity index is 334. The molecule has 1 fully saturated rings. The van der Waals surface area contributed by atoms with Crippen LogP contribution < -0.4 is 0 Å². The quantitative estimate of drug-likeness (QED) is 0.762. The minimum atomic E-state index is 0.393. The van der Waals surface area contributed by atoms with Crippen LogP contribution >= 0.6 is 11.6 Å². The van der Waals surface area contributed by atoms with E-state index in [1.165, 1.54) is 0 Å². The normalized spacial score (nSPS) is 21.2. The first-order chi connectivity index (χ1) is 7.86. The van der Waals surface area contributed by atoms with Gasteiger partial charge < -0.3 is 9.30 Å². The zero-order valence-corrected chi connectivity index (χ0v) is 10.4. The van der Waals surface area contributed by atoms with Crippen LogP contribution in [0.3, 0.4) is 0 Å². The molecule has 1 aliphatic rings. The number of aromatic nitrogens is 3. The second-order valence-corrected chi connectivity index (χ2v) is 4.44. The van der Waals surface area contributed by atoms with Gasteiger partial charge in [0.1, 0.15) is 11.6 Å². The fraction of sp³-hybridized carbons (Fsp3) is 0.818. The molecule has 1 aromatic heterocycles. The van der Waals surface area contributed by atoms with Crippen molar-refractivity contribution in [2.45, 2.75) is 44.5 Å². The zero-order valence-electron chi connectivity index (χ0n) is 9.65. The molecule has 1 aromatic rings. The van der Waals surface area contributed by atoms with E-state index >= 15 is 0 Å². The Morgan fingerprint density at radius 2 is 2.38 bits per heavy atom. The van der Waals surface area contributed by atoms with Gasteiger partial charge in [0, 0.05) is 19.1 Å². The van der Waals surface area contributed by atoms with E-state index in [0.29, 0.717) is 11.8 Å². The molecule has 1 unspecified atom stereocenters. The summed E-state index contributed by atoms with van der Waals surface area (Å²) in [5, 5.41) is 8.43. The third kappa shape index (κ3) is 2.38. The molecule has 4 nitrogen and oxygen atoms in total.